The molecule has 0 aliphatic heterocycles. The Bertz CT molecular complexity index is 606. The van der Waals surface area contributed by atoms with Crippen LogP contribution in [0.5, 0.6) is 11.5 Å². The van der Waals surface area contributed by atoms with E-state index < -0.39 is 0 Å². The average molecular weight is 314 g/mol. The summed E-state index contributed by atoms with van der Waals surface area (Å²) < 4.78 is 10.6. The summed E-state index contributed by atoms with van der Waals surface area (Å²) in [4.78, 5) is 0. The first-order valence-electron chi connectivity index (χ1n) is 8.25. The Kier molecular flexibility index (Phi) is 6.48. The van der Waals surface area contributed by atoms with Crippen LogP contribution in [-0.2, 0) is 13.0 Å². The van der Waals surface area contributed by atoms with E-state index in [0.717, 1.165) is 31.0 Å². The molecule has 0 bridgehead atoms. The molecule has 0 heterocycles. The lowest BCUT2D eigenvalue weighted by atomic mass is 10.0. The fourth-order valence-corrected chi connectivity index (χ4v) is 2.61. The minimum absolute atomic E-state index is 0.595. The summed E-state index contributed by atoms with van der Waals surface area (Å²) in [5.41, 5.74) is 4.05. The molecule has 3 nitrogen and oxygen atoms in total. The molecule has 0 amide bonds. The van der Waals surface area contributed by atoms with Crippen molar-refractivity contribution in [1.82, 2.24) is 0 Å². The summed E-state index contributed by atoms with van der Waals surface area (Å²) >= 11 is 0. The van der Waals surface area contributed by atoms with Gasteiger partial charge >= 0.3 is 0 Å². The number of ether oxygens (including phenoxy) is 2. The van der Waals surface area contributed by atoms with Crippen molar-refractivity contribution in [3.05, 3.63) is 59.2 Å². The molecule has 0 aliphatic rings. The molecule has 2 aromatic rings. The van der Waals surface area contributed by atoms with E-state index >= 15 is 0 Å². The van der Waals surface area contributed by atoms with Crippen LogP contribution in [0.4, 0.5) is 0 Å². The molecule has 0 atom stereocenters. The Hall–Kier alpha value is -2.00. The molecule has 0 aromatic heterocycles. The predicted octanol–water partition coefficient (Wildman–Crippen LogP) is 3.13. The van der Waals surface area contributed by atoms with Gasteiger partial charge in [0.15, 0.2) is 11.5 Å². The standard InChI is InChI=1S/C20H27NO2/c1-15(2)18-8-5-17(6-9-18)14-21-12-11-16-7-10-19(22-3)20(13-16)23-4/h5-10,13,15,21H,11-12,14H2,1-4H3/p+1. The van der Waals surface area contributed by atoms with Crippen molar-refractivity contribution in [1.29, 1.82) is 0 Å². The molecule has 124 valence electrons. The van der Waals surface area contributed by atoms with Crippen LogP contribution in [0.1, 0.15) is 36.5 Å². The van der Waals surface area contributed by atoms with Gasteiger partial charge in [0.05, 0.1) is 20.8 Å². The first kappa shape index (κ1) is 17.4. The third-order valence-electron chi connectivity index (χ3n) is 4.11. The molecule has 2 rings (SSSR count). The van der Waals surface area contributed by atoms with Crippen LogP contribution in [0, 0.1) is 0 Å². The van der Waals surface area contributed by atoms with E-state index in [2.05, 4.69) is 55.6 Å². The molecular formula is C20H28NO2+. The van der Waals surface area contributed by atoms with Gasteiger partial charge in [0.25, 0.3) is 0 Å². The maximum atomic E-state index is 5.35. The molecule has 0 aliphatic carbocycles. The highest BCUT2D eigenvalue weighted by molar-refractivity contribution is 5.42. The van der Waals surface area contributed by atoms with Crippen molar-refractivity contribution < 1.29 is 14.8 Å². The van der Waals surface area contributed by atoms with E-state index in [9.17, 15) is 0 Å². The maximum Gasteiger partial charge on any atom is 0.160 e. The lowest BCUT2D eigenvalue weighted by Crippen LogP contribution is -2.83. The lowest BCUT2D eigenvalue weighted by molar-refractivity contribution is -0.670. The van der Waals surface area contributed by atoms with Gasteiger partial charge in [0.2, 0.25) is 0 Å². The molecule has 23 heavy (non-hydrogen) atoms. The molecule has 0 saturated carbocycles. The highest BCUT2D eigenvalue weighted by atomic mass is 16.5. The second-order valence-corrected chi connectivity index (χ2v) is 6.12. The van der Waals surface area contributed by atoms with Crippen molar-refractivity contribution >= 4 is 0 Å². The fraction of sp³-hybridized carbons (Fsp3) is 0.400. The SMILES string of the molecule is COc1ccc(CC[NH2+]Cc2ccc(C(C)C)cc2)cc1OC. The van der Waals surface area contributed by atoms with Crippen molar-refractivity contribution in [3.63, 3.8) is 0 Å². The zero-order valence-corrected chi connectivity index (χ0v) is 14.6. The van der Waals surface area contributed by atoms with Crippen LogP contribution in [0.2, 0.25) is 0 Å². The number of rotatable bonds is 8. The minimum Gasteiger partial charge on any atom is -0.493 e. The van der Waals surface area contributed by atoms with Gasteiger partial charge in [0.1, 0.15) is 6.54 Å². The number of hydrogen-bond acceptors (Lipinski definition) is 2. The van der Waals surface area contributed by atoms with E-state index in [4.69, 9.17) is 9.47 Å². The Balaban J connectivity index is 1.81. The summed E-state index contributed by atoms with van der Waals surface area (Å²) in [6.07, 6.45) is 1.02. The predicted molar refractivity (Wildman–Crippen MR) is 94.3 cm³/mol. The van der Waals surface area contributed by atoms with Gasteiger partial charge in [0, 0.05) is 12.0 Å². The quantitative estimate of drug-likeness (QED) is 0.760. The first-order valence-corrected chi connectivity index (χ1v) is 8.25. The van der Waals surface area contributed by atoms with Crippen LogP contribution in [0.25, 0.3) is 0 Å². The molecule has 0 fully saturated rings. The molecular weight excluding hydrogens is 286 g/mol. The van der Waals surface area contributed by atoms with Gasteiger partial charge in [-0.25, -0.2) is 0 Å². The van der Waals surface area contributed by atoms with E-state index in [1.165, 1.54) is 16.7 Å². The van der Waals surface area contributed by atoms with Crippen LogP contribution in [0.3, 0.4) is 0 Å². The van der Waals surface area contributed by atoms with Gasteiger partial charge in [-0.3, -0.25) is 0 Å². The smallest absolute Gasteiger partial charge is 0.160 e. The number of benzene rings is 2. The van der Waals surface area contributed by atoms with Gasteiger partial charge in [-0.15, -0.1) is 0 Å². The number of methoxy groups -OCH3 is 2. The number of nitrogens with two attached hydrogens (primary N) is 1. The molecule has 2 aromatic carbocycles. The molecule has 0 saturated heterocycles. The number of hydrogen-bond donors (Lipinski definition) is 1. The van der Waals surface area contributed by atoms with Gasteiger partial charge in [-0.1, -0.05) is 44.2 Å². The third-order valence-corrected chi connectivity index (χ3v) is 4.11. The molecule has 0 spiro atoms. The lowest BCUT2D eigenvalue weighted by Gasteiger charge is -2.09. The summed E-state index contributed by atoms with van der Waals surface area (Å²) in [5, 5.41) is 2.35. The highest BCUT2D eigenvalue weighted by Gasteiger charge is 2.05. The van der Waals surface area contributed by atoms with Crippen LogP contribution in [-0.4, -0.2) is 20.8 Å². The third kappa shape index (κ3) is 5.00. The van der Waals surface area contributed by atoms with Gasteiger partial charge < -0.3 is 14.8 Å². The monoisotopic (exact) mass is 314 g/mol. The maximum absolute atomic E-state index is 5.35. The van der Waals surface area contributed by atoms with Crippen LogP contribution >= 0.6 is 0 Å². The van der Waals surface area contributed by atoms with E-state index in [0.29, 0.717) is 5.92 Å². The van der Waals surface area contributed by atoms with E-state index in [1.54, 1.807) is 14.2 Å². The van der Waals surface area contributed by atoms with Gasteiger partial charge in [-0.05, 0) is 29.2 Å². The second kappa shape index (κ2) is 8.59. The molecule has 2 N–H and O–H groups in total. The topological polar surface area (TPSA) is 35.1 Å². The summed E-state index contributed by atoms with van der Waals surface area (Å²) in [6, 6.07) is 15.1. The van der Waals surface area contributed by atoms with Crippen LogP contribution < -0.4 is 14.8 Å². The fourth-order valence-electron chi connectivity index (χ4n) is 2.61. The number of quaternary nitrogens is 1. The molecule has 3 heteroatoms. The second-order valence-electron chi connectivity index (χ2n) is 6.12. The van der Waals surface area contributed by atoms with Crippen molar-refractivity contribution in [2.75, 3.05) is 20.8 Å². The van der Waals surface area contributed by atoms with Crippen LogP contribution in [0.15, 0.2) is 42.5 Å². The summed E-state index contributed by atoms with van der Waals surface area (Å²) in [7, 11) is 3.34. The van der Waals surface area contributed by atoms with Crippen molar-refractivity contribution in [3.8, 4) is 11.5 Å². The highest BCUT2D eigenvalue weighted by Crippen LogP contribution is 2.27. The van der Waals surface area contributed by atoms with Crippen molar-refractivity contribution in [2.24, 2.45) is 0 Å². The summed E-state index contributed by atoms with van der Waals surface area (Å²) in [5.74, 6) is 2.18. The molecule has 0 radical (unpaired) electrons. The normalized spacial score (nSPS) is 10.8. The Labute approximate surface area is 139 Å². The molecule has 0 unspecified atom stereocenters. The minimum atomic E-state index is 0.595. The zero-order chi connectivity index (χ0) is 16.7. The summed E-state index contributed by atoms with van der Waals surface area (Å²) in [6.45, 7) is 6.53. The first-order chi connectivity index (χ1) is 11.1. The Morgan fingerprint density at radius 2 is 1.52 bits per heavy atom. The Morgan fingerprint density at radius 3 is 2.13 bits per heavy atom. The largest absolute Gasteiger partial charge is 0.493 e. The zero-order valence-electron chi connectivity index (χ0n) is 14.6. The van der Waals surface area contributed by atoms with Gasteiger partial charge in [-0.2, -0.15) is 0 Å². The van der Waals surface area contributed by atoms with E-state index in [1.807, 2.05) is 6.07 Å². The average Bonchev–Trinajstić information content (AvgIpc) is 2.58. The van der Waals surface area contributed by atoms with Crippen molar-refractivity contribution in [2.45, 2.75) is 32.7 Å². The van der Waals surface area contributed by atoms with E-state index in [-0.39, 0.29) is 0 Å². The Morgan fingerprint density at radius 1 is 0.870 bits per heavy atom.